The summed E-state index contributed by atoms with van der Waals surface area (Å²) in [6, 6.07) is 6.40. The summed E-state index contributed by atoms with van der Waals surface area (Å²) >= 11 is 3.35. The van der Waals surface area contributed by atoms with Crippen molar-refractivity contribution in [2.24, 2.45) is 5.92 Å². The standard InChI is InChI=1S/C14H16FNOS2/c1-10(6-17)7-18-8-13-9-19-14(16-13)11-2-4-12(15)5-3-11/h2-5,9-10,17H,6-8H2,1H3. The molecule has 0 radical (unpaired) electrons. The highest BCUT2D eigenvalue weighted by molar-refractivity contribution is 7.98. The fourth-order valence-electron chi connectivity index (χ4n) is 1.52. The summed E-state index contributed by atoms with van der Waals surface area (Å²) in [5.41, 5.74) is 1.99. The minimum atomic E-state index is -0.228. The monoisotopic (exact) mass is 297 g/mol. The van der Waals surface area contributed by atoms with Crippen LogP contribution in [0.1, 0.15) is 12.6 Å². The van der Waals surface area contributed by atoms with E-state index in [9.17, 15) is 4.39 Å². The third-order valence-electron chi connectivity index (χ3n) is 2.61. The van der Waals surface area contributed by atoms with Crippen molar-refractivity contribution < 1.29 is 9.50 Å². The molecular weight excluding hydrogens is 281 g/mol. The molecule has 0 aliphatic rings. The zero-order valence-corrected chi connectivity index (χ0v) is 12.3. The SMILES string of the molecule is CC(CO)CSCc1csc(-c2ccc(F)cc2)n1. The van der Waals surface area contributed by atoms with Crippen LogP contribution in [0, 0.1) is 11.7 Å². The molecule has 2 rings (SSSR count). The third-order valence-corrected chi connectivity index (χ3v) is 4.85. The molecule has 2 nitrogen and oxygen atoms in total. The van der Waals surface area contributed by atoms with E-state index < -0.39 is 0 Å². The van der Waals surface area contributed by atoms with Crippen LogP contribution in [0.15, 0.2) is 29.6 Å². The van der Waals surface area contributed by atoms with Gasteiger partial charge >= 0.3 is 0 Å². The van der Waals surface area contributed by atoms with E-state index in [-0.39, 0.29) is 12.4 Å². The molecule has 1 aromatic heterocycles. The summed E-state index contributed by atoms with van der Waals surface area (Å²) in [6.07, 6.45) is 0. The van der Waals surface area contributed by atoms with E-state index in [0.29, 0.717) is 5.92 Å². The van der Waals surface area contributed by atoms with Gasteiger partial charge in [-0.25, -0.2) is 9.37 Å². The van der Waals surface area contributed by atoms with Gasteiger partial charge in [0.05, 0.1) is 5.69 Å². The van der Waals surface area contributed by atoms with Gasteiger partial charge in [-0.15, -0.1) is 11.3 Å². The number of benzene rings is 1. The van der Waals surface area contributed by atoms with Crippen LogP contribution in [0.4, 0.5) is 4.39 Å². The number of thioether (sulfide) groups is 1. The van der Waals surface area contributed by atoms with E-state index in [4.69, 9.17) is 5.11 Å². The van der Waals surface area contributed by atoms with Gasteiger partial charge in [-0.2, -0.15) is 11.8 Å². The molecular formula is C14H16FNOS2. The molecule has 1 N–H and O–H groups in total. The van der Waals surface area contributed by atoms with E-state index in [1.165, 1.54) is 12.1 Å². The number of rotatable bonds is 6. The minimum Gasteiger partial charge on any atom is -0.396 e. The lowest BCUT2D eigenvalue weighted by molar-refractivity contribution is 0.250. The third kappa shape index (κ3) is 4.30. The molecule has 5 heteroatoms. The summed E-state index contributed by atoms with van der Waals surface area (Å²) < 4.78 is 12.8. The number of hydrogen-bond donors (Lipinski definition) is 1. The lowest BCUT2D eigenvalue weighted by Crippen LogP contribution is -2.03. The van der Waals surface area contributed by atoms with Crippen molar-refractivity contribution in [2.75, 3.05) is 12.4 Å². The van der Waals surface area contributed by atoms with Crippen LogP contribution in [0.5, 0.6) is 0 Å². The molecule has 1 atom stereocenters. The Morgan fingerprint density at radius 3 is 2.79 bits per heavy atom. The molecule has 0 aliphatic heterocycles. The average molecular weight is 297 g/mol. The Kier molecular flexibility index (Phi) is 5.36. The zero-order valence-electron chi connectivity index (χ0n) is 10.7. The Morgan fingerprint density at radius 2 is 2.11 bits per heavy atom. The first-order valence-corrected chi connectivity index (χ1v) is 8.11. The van der Waals surface area contributed by atoms with Crippen molar-refractivity contribution in [3.63, 3.8) is 0 Å². The van der Waals surface area contributed by atoms with Crippen LogP contribution in [-0.2, 0) is 5.75 Å². The predicted molar refractivity (Wildman–Crippen MR) is 79.9 cm³/mol. The second kappa shape index (κ2) is 7.03. The summed E-state index contributed by atoms with van der Waals surface area (Å²) in [5, 5.41) is 11.9. The van der Waals surface area contributed by atoms with E-state index in [1.807, 2.05) is 12.3 Å². The Balaban J connectivity index is 1.93. The Morgan fingerprint density at radius 1 is 1.37 bits per heavy atom. The summed E-state index contributed by atoms with van der Waals surface area (Å²) in [6.45, 7) is 2.25. The van der Waals surface area contributed by atoms with Crippen molar-refractivity contribution in [1.29, 1.82) is 0 Å². The highest BCUT2D eigenvalue weighted by Crippen LogP contribution is 2.26. The summed E-state index contributed by atoms with van der Waals surface area (Å²) in [7, 11) is 0. The molecule has 0 fully saturated rings. The summed E-state index contributed by atoms with van der Waals surface area (Å²) in [4.78, 5) is 4.55. The lowest BCUT2D eigenvalue weighted by Gasteiger charge is -2.05. The van der Waals surface area contributed by atoms with Crippen molar-refractivity contribution in [3.8, 4) is 10.6 Å². The smallest absolute Gasteiger partial charge is 0.123 e. The van der Waals surface area contributed by atoms with Crippen LogP contribution in [0.25, 0.3) is 10.6 Å². The number of halogens is 1. The quantitative estimate of drug-likeness (QED) is 0.880. The molecule has 1 unspecified atom stereocenters. The van der Waals surface area contributed by atoms with E-state index in [0.717, 1.165) is 27.8 Å². The van der Waals surface area contributed by atoms with Gasteiger partial charge in [0.15, 0.2) is 0 Å². The van der Waals surface area contributed by atoms with Gasteiger partial charge in [-0.05, 0) is 35.9 Å². The minimum absolute atomic E-state index is 0.227. The molecule has 1 heterocycles. The van der Waals surface area contributed by atoms with E-state index in [2.05, 4.69) is 4.98 Å². The maximum atomic E-state index is 12.8. The normalized spacial score (nSPS) is 12.6. The molecule has 102 valence electrons. The van der Waals surface area contributed by atoms with E-state index >= 15 is 0 Å². The van der Waals surface area contributed by atoms with Gasteiger partial charge in [0.1, 0.15) is 10.8 Å². The Labute approximate surface area is 120 Å². The predicted octanol–water partition coefficient (Wildman–Crippen LogP) is 3.81. The number of aromatic nitrogens is 1. The summed E-state index contributed by atoms with van der Waals surface area (Å²) in [5.74, 6) is 1.87. The highest BCUT2D eigenvalue weighted by atomic mass is 32.2. The zero-order chi connectivity index (χ0) is 13.7. The molecule has 0 spiro atoms. The van der Waals surface area contributed by atoms with Gasteiger partial charge in [-0.3, -0.25) is 0 Å². The average Bonchev–Trinajstić information content (AvgIpc) is 2.88. The fourth-order valence-corrected chi connectivity index (χ4v) is 3.43. The van der Waals surface area contributed by atoms with Crippen molar-refractivity contribution >= 4 is 23.1 Å². The van der Waals surface area contributed by atoms with Gasteiger partial charge in [0.25, 0.3) is 0 Å². The first-order valence-electron chi connectivity index (χ1n) is 6.08. The number of aliphatic hydroxyl groups is 1. The fraction of sp³-hybridized carbons (Fsp3) is 0.357. The lowest BCUT2D eigenvalue weighted by atomic mass is 10.2. The second-order valence-corrected chi connectivity index (χ2v) is 6.34. The molecule has 0 saturated carbocycles. The van der Waals surface area contributed by atoms with Crippen molar-refractivity contribution in [2.45, 2.75) is 12.7 Å². The Hall–Kier alpha value is -0.910. The van der Waals surface area contributed by atoms with Crippen molar-refractivity contribution in [1.82, 2.24) is 4.98 Å². The Bertz CT molecular complexity index is 512. The molecule has 2 aromatic rings. The largest absolute Gasteiger partial charge is 0.396 e. The number of hydrogen-bond acceptors (Lipinski definition) is 4. The highest BCUT2D eigenvalue weighted by Gasteiger charge is 2.06. The van der Waals surface area contributed by atoms with Crippen molar-refractivity contribution in [3.05, 3.63) is 41.2 Å². The molecule has 0 amide bonds. The van der Waals surface area contributed by atoms with Crippen LogP contribution in [0.2, 0.25) is 0 Å². The molecule has 0 saturated heterocycles. The van der Waals surface area contributed by atoms with Crippen LogP contribution >= 0.6 is 23.1 Å². The first-order chi connectivity index (χ1) is 9.19. The molecule has 1 aromatic carbocycles. The van der Waals surface area contributed by atoms with Crippen LogP contribution in [0.3, 0.4) is 0 Å². The topological polar surface area (TPSA) is 33.1 Å². The van der Waals surface area contributed by atoms with Crippen LogP contribution < -0.4 is 0 Å². The van der Waals surface area contributed by atoms with Gasteiger partial charge in [-0.1, -0.05) is 6.92 Å². The number of nitrogens with zero attached hydrogens (tertiary/aromatic N) is 1. The first kappa shape index (κ1) is 14.5. The maximum Gasteiger partial charge on any atom is 0.123 e. The van der Waals surface area contributed by atoms with E-state index in [1.54, 1.807) is 35.2 Å². The van der Waals surface area contributed by atoms with Crippen LogP contribution in [-0.4, -0.2) is 22.5 Å². The van der Waals surface area contributed by atoms with Gasteiger partial charge in [0.2, 0.25) is 0 Å². The second-order valence-electron chi connectivity index (χ2n) is 4.45. The van der Waals surface area contributed by atoms with Gasteiger partial charge < -0.3 is 5.11 Å². The molecule has 0 aliphatic carbocycles. The molecule has 0 bridgehead atoms. The maximum absolute atomic E-state index is 12.8. The number of thiazole rings is 1. The number of aliphatic hydroxyl groups excluding tert-OH is 1. The molecule has 19 heavy (non-hydrogen) atoms. The van der Waals surface area contributed by atoms with Gasteiger partial charge in [0, 0.05) is 23.3 Å².